The Hall–Kier alpha value is -6.58. The fraction of sp³-hybridized carbons (Fsp3) is 0. The average Bonchev–Trinajstić information content (AvgIpc) is 3.56. The number of hydrogen-bond donors (Lipinski definition) is 1. The molecule has 0 atom stereocenters. The Morgan fingerprint density at radius 2 is 0.714 bits per heavy atom. The third-order valence-electron chi connectivity index (χ3n) is 9.71. The lowest BCUT2D eigenvalue weighted by molar-refractivity contribution is 1.25. The lowest BCUT2D eigenvalue weighted by atomic mass is 9.91. The number of benzene rings is 6. The fourth-order valence-electron chi connectivity index (χ4n) is 7.32. The van der Waals surface area contributed by atoms with Crippen LogP contribution in [0.15, 0.2) is 170 Å². The van der Waals surface area contributed by atoms with Gasteiger partial charge in [0, 0.05) is 27.5 Å². The lowest BCUT2D eigenvalue weighted by Crippen LogP contribution is -1.94. The quantitative estimate of drug-likeness (QED) is 0.213. The van der Waals surface area contributed by atoms with E-state index in [2.05, 4.69) is 175 Å². The summed E-state index contributed by atoms with van der Waals surface area (Å²) in [5.74, 6) is 0. The van der Waals surface area contributed by atoms with Crippen molar-refractivity contribution in [2.45, 2.75) is 0 Å². The first-order valence-corrected chi connectivity index (χ1v) is 16.7. The number of rotatable bonds is 3. The van der Waals surface area contributed by atoms with E-state index >= 15 is 0 Å². The lowest BCUT2D eigenvalue weighted by Gasteiger charge is -2.14. The van der Waals surface area contributed by atoms with Gasteiger partial charge in [0.25, 0.3) is 0 Å². The van der Waals surface area contributed by atoms with E-state index in [-0.39, 0.29) is 0 Å². The van der Waals surface area contributed by atoms with E-state index in [1.54, 1.807) is 0 Å². The molecule has 3 nitrogen and oxygen atoms in total. The number of nitrogens with one attached hydrogen (secondary N) is 1. The summed E-state index contributed by atoms with van der Waals surface area (Å²) < 4.78 is 0. The second-order valence-corrected chi connectivity index (χ2v) is 12.7. The van der Waals surface area contributed by atoms with Crippen LogP contribution in [0.25, 0.3) is 100 Å². The van der Waals surface area contributed by atoms with Crippen molar-refractivity contribution in [1.29, 1.82) is 0 Å². The molecule has 0 spiro atoms. The van der Waals surface area contributed by atoms with Crippen LogP contribution in [0, 0.1) is 0 Å². The van der Waals surface area contributed by atoms with Gasteiger partial charge in [0.2, 0.25) is 0 Å². The van der Waals surface area contributed by atoms with Crippen LogP contribution in [-0.4, -0.2) is 15.0 Å². The summed E-state index contributed by atoms with van der Waals surface area (Å²) in [6.07, 6.45) is 0. The highest BCUT2D eigenvalue weighted by Gasteiger charge is 2.20. The smallest absolute Gasteiger partial charge is 0.0893 e. The highest BCUT2D eigenvalue weighted by molar-refractivity contribution is 6.17. The Morgan fingerprint density at radius 3 is 1.31 bits per heavy atom. The zero-order valence-electron chi connectivity index (χ0n) is 26.6. The van der Waals surface area contributed by atoms with E-state index in [1.165, 1.54) is 33.0 Å². The van der Waals surface area contributed by atoms with Crippen molar-refractivity contribution in [3.63, 3.8) is 0 Å². The Balaban J connectivity index is 1.39. The van der Waals surface area contributed by atoms with Crippen molar-refractivity contribution >= 4 is 21.8 Å². The summed E-state index contributed by atoms with van der Waals surface area (Å²) in [7, 11) is 0. The molecule has 0 radical (unpaired) electrons. The highest BCUT2D eigenvalue weighted by Crippen LogP contribution is 2.44. The van der Waals surface area contributed by atoms with Gasteiger partial charge in [-0.05, 0) is 106 Å². The van der Waals surface area contributed by atoms with Gasteiger partial charge in [-0.25, -0.2) is 9.97 Å². The highest BCUT2D eigenvalue weighted by atomic mass is 14.8. The van der Waals surface area contributed by atoms with Gasteiger partial charge < -0.3 is 4.98 Å². The molecule has 3 aromatic heterocycles. The Morgan fingerprint density at radius 1 is 0.286 bits per heavy atom. The number of pyridine rings is 2. The number of aromatic amines is 1. The van der Waals surface area contributed by atoms with E-state index in [4.69, 9.17) is 9.97 Å². The van der Waals surface area contributed by atoms with Crippen molar-refractivity contribution in [3.8, 4) is 78.4 Å². The monoisotopic (exact) mass is 623 g/mol. The zero-order valence-corrected chi connectivity index (χ0v) is 26.6. The van der Waals surface area contributed by atoms with Crippen LogP contribution in [-0.2, 0) is 0 Å². The van der Waals surface area contributed by atoms with Crippen molar-refractivity contribution in [3.05, 3.63) is 170 Å². The molecule has 228 valence electrons. The Bertz CT molecular complexity index is 2690. The maximum atomic E-state index is 5.26. The molecule has 1 aliphatic heterocycles. The topological polar surface area (TPSA) is 41.6 Å². The largest absolute Gasteiger partial charge is 0.353 e. The third-order valence-corrected chi connectivity index (χ3v) is 9.71. The number of hydrogen-bond acceptors (Lipinski definition) is 2. The SMILES string of the molecule is c1ccc(-c2cc3cc(c2)-c2cc(-c4ccccc4)cc4c2[nH]c2c(cc(-c5ccccc5)cc24)-c2cccc(n2)-c2cccc-3n2)cc1. The minimum Gasteiger partial charge on any atom is -0.353 e. The van der Waals surface area contributed by atoms with Gasteiger partial charge in [0.1, 0.15) is 0 Å². The van der Waals surface area contributed by atoms with Crippen LogP contribution in [0.1, 0.15) is 0 Å². The number of nitrogens with zero attached hydrogens (tertiary/aromatic N) is 2. The van der Waals surface area contributed by atoms with E-state index in [0.717, 1.165) is 67.2 Å². The summed E-state index contributed by atoms with van der Waals surface area (Å²) in [6.45, 7) is 0. The Kier molecular flexibility index (Phi) is 6.18. The summed E-state index contributed by atoms with van der Waals surface area (Å²) in [5, 5.41) is 2.35. The molecular formula is C46H29N3. The van der Waals surface area contributed by atoms with E-state index in [9.17, 15) is 0 Å². The van der Waals surface area contributed by atoms with Crippen LogP contribution in [0.3, 0.4) is 0 Å². The molecule has 0 saturated heterocycles. The molecule has 8 bridgehead atoms. The minimum absolute atomic E-state index is 0.845. The van der Waals surface area contributed by atoms with Gasteiger partial charge in [0.15, 0.2) is 0 Å². The van der Waals surface area contributed by atoms with Crippen molar-refractivity contribution in [1.82, 2.24) is 15.0 Å². The molecule has 4 heterocycles. The predicted molar refractivity (Wildman–Crippen MR) is 203 cm³/mol. The number of fused-ring (bicyclic) bond motifs is 11. The van der Waals surface area contributed by atoms with Gasteiger partial charge in [0.05, 0.1) is 33.8 Å². The molecule has 0 aliphatic carbocycles. The minimum atomic E-state index is 0.845. The molecule has 0 saturated carbocycles. The number of aromatic nitrogens is 3. The first-order chi connectivity index (χ1) is 24.2. The number of H-pyrrole nitrogens is 1. The van der Waals surface area contributed by atoms with Crippen LogP contribution < -0.4 is 0 Å². The molecule has 3 heteroatoms. The molecule has 9 aromatic rings. The van der Waals surface area contributed by atoms with Crippen LogP contribution in [0.5, 0.6) is 0 Å². The normalized spacial score (nSPS) is 11.7. The molecule has 6 aromatic carbocycles. The van der Waals surface area contributed by atoms with Crippen molar-refractivity contribution in [2.75, 3.05) is 0 Å². The summed E-state index contributed by atoms with van der Waals surface area (Å²) in [4.78, 5) is 14.4. The summed E-state index contributed by atoms with van der Waals surface area (Å²) >= 11 is 0. The molecule has 0 fully saturated rings. The molecular weight excluding hydrogens is 595 g/mol. The van der Waals surface area contributed by atoms with Crippen molar-refractivity contribution < 1.29 is 0 Å². The van der Waals surface area contributed by atoms with Crippen LogP contribution in [0.2, 0.25) is 0 Å². The molecule has 10 rings (SSSR count). The first-order valence-electron chi connectivity index (χ1n) is 16.7. The van der Waals surface area contributed by atoms with Gasteiger partial charge in [-0.3, -0.25) is 0 Å². The fourth-order valence-corrected chi connectivity index (χ4v) is 7.32. The maximum Gasteiger partial charge on any atom is 0.0893 e. The van der Waals surface area contributed by atoms with Crippen LogP contribution in [0.4, 0.5) is 0 Å². The van der Waals surface area contributed by atoms with Gasteiger partial charge in [-0.15, -0.1) is 0 Å². The maximum absolute atomic E-state index is 5.26. The third kappa shape index (κ3) is 4.67. The van der Waals surface area contributed by atoms with E-state index in [0.29, 0.717) is 0 Å². The zero-order chi connectivity index (χ0) is 32.3. The predicted octanol–water partition coefficient (Wildman–Crippen LogP) is 12.1. The second-order valence-electron chi connectivity index (χ2n) is 12.7. The molecule has 49 heavy (non-hydrogen) atoms. The second kappa shape index (κ2) is 11.0. The molecule has 0 unspecified atom stereocenters. The summed E-state index contributed by atoms with van der Waals surface area (Å²) in [6, 6.07) is 60.6. The Labute approximate surface area is 284 Å². The van der Waals surface area contributed by atoms with Gasteiger partial charge in [-0.2, -0.15) is 0 Å². The average molecular weight is 624 g/mol. The molecule has 1 N–H and O–H groups in total. The van der Waals surface area contributed by atoms with Crippen LogP contribution >= 0.6 is 0 Å². The first kappa shape index (κ1) is 27.5. The standard InChI is InChI=1S/C46H29N3/c1-4-12-29(13-5-1)32-22-35-24-36(23-32)41-18-10-20-43(47-41)44-21-11-19-42(48-44)40-28-34(31-16-8-3-9-17-31)27-39-38-26-33(30-14-6-2-7-15-30)25-37(35)45(38)49-46(39)40/h1-28,49H. The van der Waals surface area contributed by atoms with Gasteiger partial charge >= 0.3 is 0 Å². The van der Waals surface area contributed by atoms with Crippen molar-refractivity contribution in [2.24, 2.45) is 0 Å². The van der Waals surface area contributed by atoms with E-state index in [1.807, 2.05) is 0 Å². The van der Waals surface area contributed by atoms with E-state index < -0.39 is 0 Å². The molecule has 1 aliphatic rings. The van der Waals surface area contributed by atoms with Gasteiger partial charge in [-0.1, -0.05) is 103 Å². The molecule has 0 amide bonds. The summed E-state index contributed by atoms with van der Waals surface area (Å²) in [5.41, 5.74) is 17.1.